The molecule has 0 atom stereocenters. The van der Waals surface area contributed by atoms with Gasteiger partial charge in [0.15, 0.2) is 0 Å². The highest BCUT2D eigenvalue weighted by atomic mass is 16.5. The third kappa shape index (κ3) is 3.49. The third-order valence-corrected chi connectivity index (χ3v) is 4.38. The molecule has 0 aliphatic carbocycles. The molecule has 0 bridgehead atoms. The number of methoxy groups -OCH3 is 1. The second-order valence-electron chi connectivity index (χ2n) is 6.29. The molecule has 0 fully saturated rings. The Kier molecular flexibility index (Phi) is 5.12. The Labute approximate surface area is 153 Å². The summed E-state index contributed by atoms with van der Waals surface area (Å²) in [7, 11) is 1.62. The Morgan fingerprint density at radius 1 is 1.23 bits per heavy atom. The summed E-state index contributed by atoms with van der Waals surface area (Å²) in [6.07, 6.45) is 3.36. The van der Waals surface area contributed by atoms with Crippen LogP contribution in [0.3, 0.4) is 0 Å². The lowest BCUT2D eigenvalue weighted by Crippen LogP contribution is -2.20. The topological polar surface area (TPSA) is 51.5 Å². The fourth-order valence-corrected chi connectivity index (χ4v) is 2.99. The molecule has 2 aromatic carbocycles. The SMILES string of the molecule is CCNC(=O)/C=C(\C)c1cc2c(-c3ccc(C)cc3)coc2cc1OC. The van der Waals surface area contributed by atoms with Gasteiger partial charge in [0.05, 0.1) is 13.4 Å². The molecule has 0 unspecified atom stereocenters. The molecule has 3 rings (SSSR count). The molecule has 0 saturated carbocycles. The van der Waals surface area contributed by atoms with Gasteiger partial charge in [-0.1, -0.05) is 29.8 Å². The maximum atomic E-state index is 11.9. The Morgan fingerprint density at radius 3 is 2.62 bits per heavy atom. The molecule has 1 heterocycles. The van der Waals surface area contributed by atoms with Gasteiger partial charge in [-0.15, -0.1) is 0 Å². The van der Waals surface area contributed by atoms with E-state index < -0.39 is 0 Å². The largest absolute Gasteiger partial charge is 0.496 e. The van der Waals surface area contributed by atoms with E-state index >= 15 is 0 Å². The molecule has 4 heteroatoms. The third-order valence-electron chi connectivity index (χ3n) is 4.38. The molecule has 1 amide bonds. The summed E-state index contributed by atoms with van der Waals surface area (Å²) >= 11 is 0. The first kappa shape index (κ1) is 17.8. The number of hydrogen-bond donors (Lipinski definition) is 1. The number of hydrogen-bond acceptors (Lipinski definition) is 3. The zero-order valence-corrected chi connectivity index (χ0v) is 15.6. The highest BCUT2D eigenvalue weighted by Gasteiger charge is 2.14. The number of benzene rings is 2. The molecule has 0 aliphatic heterocycles. The predicted octanol–water partition coefficient (Wildman–Crippen LogP) is 4.96. The standard InChI is InChI=1S/C22H23NO3/c1-5-23-22(24)10-15(3)17-11-18-19(16-8-6-14(2)7-9-16)13-26-21(18)12-20(17)25-4/h6-13H,5H2,1-4H3,(H,23,24)/b15-10+. The molecule has 0 aliphatic rings. The number of amides is 1. The van der Waals surface area contributed by atoms with Crippen LogP contribution >= 0.6 is 0 Å². The lowest BCUT2D eigenvalue weighted by atomic mass is 9.99. The molecule has 0 spiro atoms. The van der Waals surface area contributed by atoms with E-state index in [1.54, 1.807) is 19.4 Å². The van der Waals surface area contributed by atoms with Crippen LogP contribution in [0.5, 0.6) is 5.75 Å². The van der Waals surface area contributed by atoms with Crippen molar-refractivity contribution in [1.82, 2.24) is 5.32 Å². The number of ether oxygens (including phenoxy) is 1. The van der Waals surface area contributed by atoms with Crippen LogP contribution in [-0.4, -0.2) is 19.6 Å². The molecule has 26 heavy (non-hydrogen) atoms. The van der Waals surface area contributed by atoms with Crippen LogP contribution in [0.15, 0.2) is 53.2 Å². The fraction of sp³-hybridized carbons (Fsp3) is 0.227. The molecule has 1 N–H and O–H groups in total. The summed E-state index contributed by atoms with van der Waals surface area (Å²) in [4.78, 5) is 11.9. The van der Waals surface area contributed by atoms with E-state index in [9.17, 15) is 4.79 Å². The van der Waals surface area contributed by atoms with Crippen molar-refractivity contribution < 1.29 is 13.9 Å². The highest BCUT2D eigenvalue weighted by molar-refractivity contribution is 6.00. The summed E-state index contributed by atoms with van der Waals surface area (Å²) in [6, 6.07) is 12.2. The Balaban J connectivity index is 2.12. The minimum Gasteiger partial charge on any atom is -0.496 e. The molecular formula is C22H23NO3. The maximum Gasteiger partial charge on any atom is 0.244 e. The van der Waals surface area contributed by atoms with Gasteiger partial charge < -0.3 is 14.5 Å². The summed E-state index contributed by atoms with van der Waals surface area (Å²) in [6.45, 7) is 6.46. The van der Waals surface area contributed by atoms with Gasteiger partial charge in [-0.2, -0.15) is 0 Å². The molecule has 134 valence electrons. The van der Waals surface area contributed by atoms with Crippen LogP contribution in [0, 0.1) is 6.92 Å². The number of nitrogens with one attached hydrogen (secondary N) is 1. The van der Waals surface area contributed by atoms with E-state index in [1.165, 1.54) is 5.56 Å². The first-order chi connectivity index (χ1) is 12.5. The van der Waals surface area contributed by atoms with Crippen molar-refractivity contribution in [1.29, 1.82) is 0 Å². The first-order valence-electron chi connectivity index (χ1n) is 8.66. The minimum atomic E-state index is -0.113. The predicted molar refractivity (Wildman–Crippen MR) is 105 cm³/mol. The number of likely N-dealkylation sites (N-methyl/N-ethyl adjacent to an activating group) is 1. The van der Waals surface area contributed by atoms with Crippen molar-refractivity contribution in [2.75, 3.05) is 13.7 Å². The summed E-state index contributed by atoms with van der Waals surface area (Å²) in [5, 5.41) is 3.78. The lowest BCUT2D eigenvalue weighted by molar-refractivity contribution is -0.116. The van der Waals surface area contributed by atoms with E-state index in [1.807, 2.05) is 26.0 Å². The van der Waals surface area contributed by atoms with Gasteiger partial charge >= 0.3 is 0 Å². The van der Waals surface area contributed by atoms with Crippen LogP contribution < -0.4 is 10.1 Å². The fourth-order valence-electron chi connectivity index (χ4n) is 2.99. The summed E-state index contributed by atoms with van der Waals surface area (Å²) in [5.41, 5.74) is 5.80. The Hall–Kier alpha value is -3.01. The Morgan fingerprint density at radius 2 is 1.96 bits per heavy atom. The van der Waals surface area contributed by atoms with Crippen molar-refractivity contribution in [3.8, 4) is 16.9 Å². The van der Waals surface area contributed by atoms with Crippen molar-refractivity contribution in [3.05, 3.63) is 59.9 Å². The van der Waals surface area contributed by atoms with Crippen LogP contribution in [-0.2, 0) is 4.79 Å². The van der Waals surface area contributed by atoms with Gasteiger partial charge in [-0.25, -0.2) is 0 Å². The zero-order chi connectivity index (χ0) is 18.7. The maximum absolute atomic E-state index is 11.9. The van der Waals surface area contributed by atoms with Crippen molar-refractivity contribution in [2.45, 2.75) is 20.8 Å². The van der Waals surface area contributed by atoms with Crippen LogP contribution in [0.2, 0.25) is 0 Å². The smallest absolute Gasteiger partial charge is 0.244 e. The Bertz CT molecular complexity index is 965. The number of rotatable bonds is 5. The first-order valence-corrected chi connectivity index (χ1v) is 8.66. The van der Waals surface area contributed by atoms with E-state index in [0.29, 0.717) is 12.3 Å². The second kappa shape index (κ2) is 7.48. The van der Waals surface area contributed by atoms with Crippen molar-refractivity contribution >= 4 is 22.4 Å². The molecule has 3 aromatic rings. The number of allylic oxidation sites excluding steroid dienone is 1. The quantitative estimate of drug-likeness (QED) is 0.663. The molecular weight excluding hydrogens is 326 g/mol. The van der Waals surface area contributed by atoms with Gasteiger partial charge in [0, 0.05) is 35.2 Å². The van der Waals surface area contributed by atoms with Crippen molar-refractivity contribution in [3.63, 3.8) is 0 Å². The number of fused-ring (bicyclic) bond motifs is 1. The van der Waals surface area contributed by atoms with Gasteiger partial charge in [0.1, 0.15) is 11.3 Å². The van der Waals surface area contributed by atoms with E-state index in [-0.39, 0.29) is 5.91 Å². The number of carbonyl (C=O) groups excluding carboxylic acids is 1. The number of furan rings is 1. The van der Waals surface area contributed by atoms with Crippen LogP contribution in [0.25, 0.3) is 27.7 Å². The van der Waals surface area contributed by atoms with Crippen LogP contribution in [0.1, 0.15) is 25.0 Å². The zero-order valence-electron chi connectivity index (χ0n) is 15.6. The molecule has 0 radical (unpaired) electrons. The average molecular weight is 349 g/mol. The highest BCUT2D eigenvalue weighted by Crippen LogP contribution is 2.37. The number of aryl methyl sites for hydroxylation is 1. The minimum absolute atomic E-state index is 0.113. The average Bonchev–Trinajstić information content (AvgIpc) is 3.04. The van der Waals surface area contributed by atoms with Gasteiger partial charge in [-0.3, -0.25) is 4.79 Å². The second-order valence-corrected chi connectivity index (χ2v) is 6.29. The summed E-state index contributed by atoms with van der Waals surface area (Å²) in [5.74, 6) is 0.568. The van der Waals surface area contributed by atoms with Crippen molar-refractivity contribution in [2.24, 2.45) is 0 Å². The number of carbonyl (C=O) groups is 1. The van der Waals surface area contributed by atoms with E-state index in [0.717, 1.165) is 33.2 Å². The van der Waals surface area contributed by atoms with Gasteiger partial charge in [0.2, 0.25) is 5.91 Å². The van der Waals surface area contributed by atoms with Gasteiger partial charge in [0.25, 0.3) is 0 Å². The normalized spacial score (nSPS) is 11.6. The molecule has 4 nitrogen and oxygen atoms in total. The lowest BCUT2D eigenvalue weighted by Gasteiger charge is -2.10. The summed E-state index contributed by atoms with van der Waals surface area (Å²) < 4.78 is 11.3. The van der Waals surface area contributed by atoms with E-state index in [4.69, 9.17) is 9.15 Å². The molecule has 0 saturated heterocycles. The van der Waals surface area contributed by atoms with Gasteiger partial charge in [-0.05, 0) is 38.0 Å². The molecule has 1 aromatic heterocycles. The van der Waals surface area contributed by atoms with E-state index in [2.05, 4.69) is 36.5 Å². The monoisotopic (exact) mass is 349 g/mol. The van der Waals surface area contributed by atoms with Crippen LogP contribution in [0.4, 0.5) is 0 Å².